The molecule has 6 nitrogen and oxygen atoms in total. The van der Waals surface area contributed by atoms with E-state index in [-0.39, 0.29) is 5.91 Å². The Kier molecular flexibility index (Phi) is 3.97. The van der Waals surface area contributed by atoms with Crippen molar-refractivity contribution >= 4 is 22.6 Å². The number of rotatable bonds is 3. The van der Waals surface area contributed by atoms with Crippen LogP contribution in [0.2, 0.25) is 0 Å². The molecule has 1 aromatic heterocycles. The van der Waals surface area contributed by atoms with Gasteiger partial charge in [-0.1, -0.05) is 20.8 Å². The fourth-order valence-corrected chi connectivity index (χ4v) is 1.78. The summed E-state index contributed by atoms with van der Waals surface area (Å²) in [5, 5.41) is 3.53. The lowest BCUT2D eigenvalue weighted by molar-refractivity contribution is -0.123. The molecule has 0 radical (unpaired) electrons. The van der Waals surface area contributed by atoms with E-state index in [1.54, 1.807) is 26.4 Å². The van der Waals surface area contributed by atoms with E-state index in [0.29, 0.717) is 28.2 Å². The number of nitrogens with zero attached hydrogens (tertiary/aromatic N) is 2. The van der Waals surface area contributed by atoms with Crippen LogP contribution in [0.5, 0.6) is 11.5 Å². The van der Waals surface area contributed by atoms with E-state index in [9.17, 15) is 4.79 Å². The highest BCUT2D eigenvalue weighted by Crippen LogP contribution is 2.33. The SMILES string of the molecule is COc1cc2ncnc(NC(=O)C(C)(C)C)c2cc1OC. The Labute approximate surface area is 123 Å². The number of hydrogen-bond donors (Lipinski definition) is 1. The number of ether oxygens (including phenoxy) is 2. The van der Waals surface area contributed by atoms with Gasteiger partial charge in [0, 0.05) is 16.9 Å². The maximum atomic E-state index is 12.1. The smallest absolute Gasteiger partial charge is 0.230 e. The summed E-state index contributed by atoms with van der Waals surface area (Å²) in [5.74, 6) is 1.49. The lowest BCUT2D eigenvalue weighted by atomic mass is 9.96. The number of aromatic nitrogens is 2. The molecule has 1 heterocycles. The monoisotopic (exact) mass is 289 g/mol. The number of nitrogens with one attached hydrogen (secondary N) is 1. The first-order valence-electron chi connectivity index (χ1n) is 6.55. The number of benzene rings is 1. The van der Waals surface area contributed by atoms with Crippen LogP contribution in [0.25, 0.3) is 10.9 Å². The molecule has 0 saturated heterocycles. The van der Waals surface area contributed by atoms with Gasteiger partial charge in [-0.3, -0.25) is 4.79 Å². The van der Waals surface area contributed by atoms with E-state index in [4.69, 9.17) is 9.47 Å². The van der Waals surface area contributed by atoms with Crippen molar-refractivity contribution in [3.8, 4) is 11.5 Å². The molecule has 1 N–H and O–H groups in total. The van der Waals surface area contributed by atoms with E-state index in [1.807, 2.05) is 20.8 Å². The largest absolute Gasteiger partial charge is 0.493 e. The Morgan fingerprint density at radius 1 is 1.10 bits per heavy atom. The fourth-order valence-electron chi connectivity index (χ4n) is 1.78. The van der Waals surface area contributed by atoms with Gasteiger partial charge >= 0.3 is 0 Å². The Morgan fingerprint density at radius 3 is 2.29 bits per heavy atom. The van der Waals surface area contributed by atoms with E-state index in [1.165, 1.54) is 6.33 Å². The van der Waals surface area contributed by atoms with Crippen LogP contribution < -0.4 is 14.8 Å². The molecule has 0 fully saturated rings. The van der Waals surface area contributed by atoms with Crippen molar-refractivity contribution in [2.75, 3.05) is 19.5 Å². The first-order chi connectivity index (χ1) is 9.86. The summed E-state index contributed by atoms with van der Waals surface area (Å²) in [6, 6.07) is 3.51. The van der Waals surface area contributed by atoms with Gasteiger partial charge in [-0.25, -0.2) is 9.97 Å². The fraction of sp³-hybridized carbons (Fsp3) is 0.400. The molecule has 0 saturated carbocycles. The first kappa shape index (κ1) is 15.0. The maximum Gasteiger partial charge on any atom is 0.230 e. The number of amides is 1. The number of methoxy groups -OCH3 is 2. The molecule has 0 aliphatic heterocycles. The quantitative estimate of drug-likeness (QED) is 0.940. The molecule has 0 unspecified atom stereocenters. The Morgan fingerprint density at radius 2 is 1.71 bits per heavy atom. The minimum Gasteiger partial charge on any atom is -0.493 e. The van der Waals surface area contributed by atoms with Gasteiger partial charge < -0.3 is 14.8 Å². The molecule has 1 aromatic carbocycles. The number of carbonyl (C=O) groups excluding carboxylic acids is 1. The summed E-state index contributed by atoms with van der Waals surface area (Å²) in [6.45, 7) is 5.53. The number of hydrogen-bond acceptors (Lipinski definition) is 5. The van der Waals surface area contributed by atoms with Crippen LogP contribution in [0.4, 0.5) is 5.82 Å². The van der Waals surface area contributed by atoms with Crippen molar-refractivity contribution in [2.45, 2.75) is 20.8 Å². The van der Waals surface area contributed by atoms with Crippen LogP contribution in [0.1, 0.15) is 20.8 Å². The minimum absolute atomic E-state index is 0.114. The van der Waals surface area contributed by atoms with Crippen molar-refractivity contribution < 1.29 is 14.3 Å². The second-order valence-electron chi connectivity index (χ2n) is 5.65. The zero-order valence-corrected chi connectivity index (χ0v) is 12.9. The highest BCUT2D eigenvalue weighted by atomic mass is 16.5. The van der Waals surface area contributed by atoms with Crippen molar-refractivity contribution in [2.24, 2.45) is 5.41 Å². The molecule has 0 aliphatic carbocycles. The Hall–Kier alpha value is -2.37. The van der Waals surface area contributed by atoms with E-state index in [0.717, 1.165) is 0 Å². The van der Waals surface area contributed by atoms with Crippen LogP contribution in [0, 0.1) is 5.41 Å². The lowest BCUT2D eigenvalue weighted by Gasteiger charge is -2.18. The van der Waals surface area contributed by atoms with E-state index in [2.05, 4.69) is 15.3 Å². The normalized spacial score (nSPS) is 11.3. The molecular weight excluding hydrogens is 270 g/mol. The third-order valence-electron chi connectivity index (χ3n) is 3.05. The predicted octanol–water partition coefficient (Wildman–Crippen LogP) is 2.63. The van der Waals surface area contributed by atoms with Crippen molar-refractivity contribution in [3.63, 3.8) is 0 Å². The molecular formula is C15H19N3O3. The topological polar surface area (TPSA) is 73.3 Å². The predicted molar refractivity (Wildman–Crippen MR) is 80.7 cm³/mol. The average Bonchev–Trinajstić information content (AvgIpc) is 2.45. The highest BCUT2D eigenvalue weighted by molar-refractivity contribution is 6.01. The van der Waals surface area contributed by atoms with Crippen LogP contribution in [0.15, 0.2) is 18.5 Å². The van der Waals surface area contributed by atoms with Gasteiger partial charge in [0.05, 0.1) is 19.7 Å². The zero-order chi connectivity index (χ0) is 15.6. The van der Waals surface area contributed by atoms with Gasteiger partial charge in [0.2, 0.25) is 5.91 Å². The Bertz CT molecular complexity index is 678. The molecule has 0 bridgehead atoms. The summed E-state index contributed by atoms with van der Waals surface area (Å²) in [6.07, 6.45) is 1.41. The second kappa shape index (κ2) is 5.55. The first-order valence-corrected chi connectivity index (χ1v) is 6.55. The van der Waals surface area contributed by atoms with Gasteiger partial charge in [-0.2, -0.15) is 0 Å². The minimum atomic E-state index is -0.506. The van der Waals surface area contributed by atoms with E-state index >= 15 is 0 Å². The zero-order valence-electron chi connectivity index (χ0n) is 12.9. The third kappa shape index (κ3) is 3.04. The van der Waals surface area contributed by atoms with Gasteiger partial charge in [-0.15, -0.1) is 0 Å². The van der Waals surface area contributed by atoms with Crippen LogP contribution in [-0.2, 0) is 4.79 Å². The van der Waals surface area contributed by atoms with Gasteiger partial charge in [0.15, 0.2) is 11.5 Å². The third-order valence-corrected chi connectivity index (χ3v) is 3.05. The molecule has 2 rings (SSSR count). The molecule has 112 valence electrons. The van der Waals surface area contributed by atoms with Crippen molar-refractivity contribution in [3.05, 3.63) is 18.5 Å². The van der Waals surface area contributed by atoms with Crippen LogP contribution in [0.3, 0.4) is 0 Å². The number of fused-ring (bicyclic) bond motifs is 1. The van der Waals surface area contributed by atoms with Gasteiger partial charge in [0.25, 0.3) is 0 Å². The lowest BCUT2D eigenvalue weighted by Crippen LogP contribution is -2.28. The highest BCUT2D eigenvalue weighted by Gasteiger charge is 2.22. The molecule has 0 atom stereocenters. The maximum absolute atomic E-state index is 12.1. The summed E-state index contributed by atoms with van der Waals surface area (Å²) < 4.78 is 10.5. The average molecular weight is 289 g/mol. The molecule has 0 spiro atoms. The molecule has 2 aromatic rings. The summed E-state index contributed by atoms with van der Waals surface area (Å²) in [7, 11) is 3.12. The summed E-state index contributed by atoms with van der Waals surface area (Å²) in [5.41, 5.74) is 0.167. The number of anilines is 1. The van der Waals surface area contributed by atoms with Gasteiger partial charge in [-0.05, 0) is 6.07 Å². The summed E-state index contributed by atoms with van der Waals surface area (Å²) >= 11 is 0. The molecule has 21 heavy (non-hydrogen) atoms. The molecule has 0 aliphatic rings. The van der Waals surface area contributed by atoms with Crippen LogP contribution in [-0.4, -0.2) is 30.1 Å². The standard InChI is InChI=1S/C15H19N3O3/c1-15(2,3)14(19)18-13-9-6-11(20-4)12(21-5)7-10(9)16-8-17-13/h6-8H,1-5H3,(H,16,17,18,19). The Balaban J connectivity index is 2.52. The second-order valence-corrected chi connectivity index (χ2v) is 5.65. The molecule has 6 heteroatoms. The summed E-state index contributed by atoms with van der Waals surface area (Å²) in [4.78, 5) is 20.5. The van der Waals surface area contributed by atoms with E-state index < -0.39 is 5.41 Å². The van der Waals surface area contributed by atoms with Gasteiger partial charge in [0.1, 0.15) is 12.1 Å². The van der Waals surface area contributed by atoms with Crippen molar-refractivity contribution in [1.29, 1.82) is 0 Å². The number of carbonyl (C=O) groups is 1. The van der Waals surface area contributed by atoms with Crippen LogP contribution >= 0.6 is 0 Å². The molecule has 1 amide bonds. The van der Waals surface area contributed by atoms with Crippen molar-refractivity contribution in [1.82, 2.24) is 9.97 Å².